The predicted molar refractivity (Wildman–Crippen MR) is 123 cm³/mol. The quantitative estimate of drug-likeness (QED) is 0.421. The van der Waals surface area contributed by atoms with Crippen molar-refractivity contribution in [3.8, 4) is 17.4 Å². The van der Waals surface area contributed by atoms with Crippen LogP contribution in [-0.2, 0) is 16.6 Å². The van der Waals surface area contributed by atoms with Gasteiger partial charge in [0.25, 0.3) is 10.0 Å². The topological polar surface area (TPSA) is 131 Å². The second-order valence-electron chi connectivity index (χ2n) is 7.51. The number of hydrogen-bond acceptors (Lipinski definition) is 9. The lowest BCUT2D eigenvalue weighted by Crippen LogP contribution is -2.17. The number of aryl methyl sites for hydroxylation is 1. The Morgan fingerprint density at radius 3 is 2.82 bits per heavy atom. The van der Waals surface area contributed by atoms with Gasteiger partial charge in [-0.05, 0) is 30.7 Å². The number of pyridine rings is 1. The lowest BCUT2D eigenvalue weighted by atomic mass is 10.0. The molecule has 12 heteroatoms. The fourth-order valence-electron chi connectivity index (χ4n) is 3.86. The summed E-state index contributed by atoms with van der Waals surface area (Å²) in [5.74, 6) is 0.450. The minimum atomic E-state index is -4.23. The SMILES string of the molecule is COc1cc(C)nc(OC)c1S(=O)(=O)Nc1noc2cc(Cn3cccn3)c3c(c12)OCC=C3. The van der Waals surface area contributed by atoms with Crippen LogP contribution in [0.2, 0.25) is 0 Å². The van der Waals surface area contributed by atoms with E-state index in [9.17, 15) is 8.42 Å². The van der Waals surface area contributed by atoms with Crippen LogP contribution in [0.4, 0.5) is 5.82 Å². The summed E-state index contributed by atoms with van der Waals surface area (Å²) in [5.41, 5.74) is 2.59. The number of anilines is 1. The Morgan fingerprint density at radius 1 is 1.24 bits per heavy atom. The van der Waals surface area contributed by atoms with E-state index in [1.165, 1.54) is 20.3 Å². The summed E-state index contributed by atoms with van der Waals surface area (Å²) in [6.45, 7) is 2.51. The van der Waals surface area contributed by atoms with E-state index in [1.807, 2.05) is 24.4 Å². The van der Waals surface area contributed by atoms with Crippen molar-refractivity contribution in [2.45, 2.75) is 18.4 Å². The third-order valence-electron chi connectivity index (χ3n) is 5.29. The van der Waals surface area contributed by atoms with Crippen molar-refractivity contribution in [1.82, 2.24) is 19.9 Å². The molecule has 0 bridgehead atoms. The van der Waals surface area contributed by atoms with Crippen LogP contribution in [-0.4, -0.2) is 49.2 Å². The molecule has 0 amide bonds. The Hall–Kier alpha value is -4.06. The van der Waals surface area contributed by atoms with E-state index in [0.717, 1.165) is 11.1 Å². The molecule has 0 spiro atoms. The number of hydrogen-bond donors (Lipinski definition) is 1. The molecule has 0 saturated carbocycles. The van der Waals surface area contributed by atoms with Crippen LogP contribution in [0.25, 0.3) is 17.0 Å². The van der Waals surface area contributed by atoms with Gasteiger partial charge < -0.3 is 18.7 Å². The van der Waals surface area contributed by atoms with E-state index in [0.29, 0.717) is 35.6 Å². The monoisotopic (exact) mass is 483 g/mol. The molecular weight excluding hydrogens is 462 g/mol. The number of fused-ring (bicyclic) bond motifs is 3. The first-order valence-electron chi connectivity index (χ1n) is 10.3. The number of rotatable bonds is 7. The molecule has 1 aliphatic heterocycles. The number of sulfonamides is 1. The smallest absolute Gasteiger partial charge is 0.272 e. The third-order valence-corrected chi connectivity index (χ3v) is 6.67. The van der Waals surface area contributed by atoms with Crippen LogP contribution in [0.5, 0.6) is 17.4 Å². The fourth-order valence-corrected chi connectivity index (χ4v) is 5.12. The molecule has 176 valence electrons. The number of ether oxygens (including phenoxy) is 3. The summed E-state index contributed by atoms with van der Waals surface area (Å²) < 4.78 is 53.0. The maximum atomic E-state index is 13.4. The summed E-state index contributed by atoms with van der Waals surface area (Å²) in [7, 11) is -1.52. The molecule has 4 aromatic rings. The summed E-state index contributed by atoms with van der Waals surface area (Å²) in [6.07, 6.45) is 7.35. The van der Waals surface area contributed by atoms with Gasteiger partial charge in [0, 0.05) is 29.7 Å². The largest absolute Gasteiger partial charge is 0.495 e. The minimum Gasteiger partial charge on any atom is -0.495 e. The summed E-state index contributed by atoms with van der Waals surface area (Å²) in [5, 5.41) is 8.65. The van der Waals surface area contributed by atoms with Crippen molar-refractivity contribution in [2.24, 2.45) is 0 Å². The molecule has 0 saturated heterocycles. The first kappa shape index (κ1) is 21.8. The second-order valence-corrected chi connectivity index (χ2v) is 9.13. The highest BCUT2D eigenvalue weighted by Gasteiger charge is 2.30. The van der Waals surface area contributed by atoms with Crippen LogP contribution < -0.4 is 18.9 Å². The van der Waals surface area contributed by atoms with Crippen molar-refractivity contribution >= 4 is 32.9 Å². The van der Waals surface area contributed by atoms with Crippen molar-refractivity contribution in [3.05, 3.63) is 53.5 Å². The first-order chi connectivity index (χ1) is 16.4. The van der Waals surface area contributed by atoms with Crippen LogP contribution in [0.1, 0.15) is 16.8 Å². The normalized spacial score (nSPS) is 12.9. The summed E-state index contributed by atoms with van der Waals surface area (Å²) >= 11 is 0. The number of benzene rings is 1. The zero-order valence-electron chi connectivity index (χ0n) is 18.6. The lowest BCUT2D eigenvalue weighted by Gasteiger charge is -2.18. The average molecular weight is 484 g/mol. The van der Waals surface area contributed by atoms with E-state index >= 15 is 0 Å². The number of methoxy groups -OCH3 is 2. The molecule has 0 aliphatic carbocycles. The van der Waals surface area contributed by atoms with E-state index < -0.39 is 10.0 Å². The van der Waals surface area contributed by atoms with Crippen molar-refractivity contribution in [1.29, 1.82) is 0 Å². The third kappa shape index (κ3) is 3.71. The van der Waals surface area contributed by atoms with Gasteiger partial charge in [-0.15, -0.1) is 0 Å². The Balaban J connectivity index is 1.62. The Labute approximate surface area is 195 Å². The van der Waals surface area contributed by atoms with E-state index in [2.05, 4.69) is 20.0 Å². The molecule has 1 aliphatic rings. The average Bonchev–Trinajstić information content (AvgIpc) is 3.48. The van der Waals surface area contributed by atoms with Crippen LogP contribution >= 0.6 is 0 Å². The Bertz CT molecular complexity index is 1480. The van der Waals surface area contributed by atoms with Gasteiger partial charge in [-0.25, -0.2) is 13.4 Å². The highest BCUT2D eigenvalue weighted by molar-refractivity contribution is 7.93. The van der Waals surface area contributed by atoms with Gasteiger partial charge in [-0.3, -0.25) is 9.40 Å². The fraction of sp³-hybridized carbons (Fsp3) is 0.227. The lowest BCUT2D eigenvalue weighted by molar-refractivity contribution is 0.360. The van der Waals surface area contributed by atoms with Crippen LogP contribution in [0, 0.1) is 6.92 Å². The Morgan fingerprint density at radius 2 is 2.09 bits per heavy atom. The minimum absolute atomic E-state index is 0.0168. The zero-order chi connectivity index (χ0) is 23.9. The predicted octanol–water partition coefficient (Wildman–Crippen LogP) is 3.00. The number of nitrogens with one attached hydrogen (secondary N) is 1. The molecule has 11 nitrogen and oxygen atoms in total. The van der Waals surface area contributed by atoms with Gasteiger partial charge in [0.2, 0.25) is 5.88 Å². The standard InChI is InChI=1S/C22H21N5O6S/c1-13-10-17(30-2)20(22(24-13)31-3)34(28,29)26-21-18-16(33-25-21)11-14(12-27-8-5-7-23-27)15-6-4-9-32-19(15)18/h4-8,10-11H,9,12H2,1-3H3,(H,25,26). The van der Waals surface area contributed by atoms with Gasteiger partial charge in [-0.1, -0.05) is 11.2 Å². The van der Waals surface area contributed by atoms with Crippen molar-refractivity contribution in [2.75, 3.05) is 25.5 Å². The Kier molecular flexibility index (Phi) is 5.36. The number of aromatic nitrogens is 4. The molecule has 0 unspecified atom stereocenters. The highest BCUT2D eigenvalue weighted by atomic mass is 32.2. The molecular formula is C22H21N5O6S. The van der Waals surface area contributed by atoms with Crippen LogP contribution in [0.15, 0.2) is 46.1 Å². The van der Waals surface area contributed by atoms with Gasteiger partial charge in [0.1, 0.15) is 23.5 Å². The molecule has 5 rings (SSSR count). The van der Waals surface area contributed by atoms with Crippen LogP contribution in [0.3, 0.4) is 0 Å². The van der Waals surface area contributed by atoms with Gasteiger partial charge >= 0.3 is 0 Å². The molecule has 0 radical (unpaired) electrons. The molecule has 0 fully saturated rings. The number of nitrogens with zero attached hydrogens (tertiary/aromatic N) is 4. The maximum absolute atomic E-state index is 13.4. The molecule has 4 heterocycles. The molecule has 34 heavy (non-hydrogen) atoms. The summed E-state index contributed by atoms with van der Waals surface area (Å²) in [4.78, 5) is 3.92. The van der Waals surface area contributed by atoms with Gasteiger partial charge in [-0.2, -0.15) is 5.10 Å². The molecule has 0 atom stereocenters. The van der Waals surface area contributed by atoms with E-state index in [1.54, 1.807) is 23.9 Å². The second kappa shape index (κ2) is 8.37. The molecule has 1 N–H and O–H groups in total. The zero-order valence-corrected chi connectivity index (χ0v) is 19.4. The van der Waals surface area contributed by atoms with Gasteiger partial charge in [0.05, 0.1) is 20.8 Å². The van der Waals surface area contributed by atoms with E-state index in [4.69, 9.17) is 18.7 Å². The first-order valence-corrected chi connectivity index (χ1v) is 11.7. The van der Waals surface area contributed by atoms with Crippen molar-refractivity contribution < 1.29 is 27.2 Å². The molecule has 1 aromatic carbocycles. The highest BCUT2D eigenvalue weighted by Crippen LogP contribution is 2.41. The van der Waals surface area contributed by atoms with Gasteiger partial charge in [0.15, 0.2) is 16.3 Å². The van der Waals surface area contributed by atoms with Crippen molar-refractivity contribution in [3.63, 3.8) is 0 Å². The maximum Gasteiger partial charge on any atom is 0.272 e. The van der Waals surface area contributed by atoms with E-state index in [-0.39, 0.29) is 22.3 Å². The summed E-state index contributed by atoms with van der Waals surface area (Å²) in [6, 6.07) is 5.14. The molecule has 3 aromatic heterocycles.